The summed E-state index contributed by atoms with van der Waals surface area (Å²) >= 11 is 0. The average molecular weight is 255 g/mol. The molecule has 0 saturated carbocycles. The Balaban J connectivity index is 2.10. The fourth-order valence-electron chi connectivity index (χ4n) is 2.21. The second kappa shape index (κ2) is 5.68. The number of hydrogen-bond donors (Lipinski definition) is 1. The third-order valence-corrected chi connectivity index (χ3v) is 3.11. The Morgan fingerprint density at radius 2 is 2.21 bits per heavy atom. The number of hydrogen-bond acceptors (Lipinski definition) is 3. The standard InChI is InChI=1S/C15H17N3O/c1-11(7-16)9-18(2)10-15(19)13-8-17-14-6-4-3-5-12(13)14/h3-6,8,11,17H,9-10H2,1-2H3. The number of ketones is 1. The molecule has 0 amide bonds. The molecule has 1 unspecified atom stereocenters. The molecule has 0 spiro atoms. The Hall–Kier alpha value is -2.12. The first-order valence-electron chi connectivity index (χ1n) is 6.29. The summed E-state index contributed by atoms with van der Waals surface area (Å²) in [5.41, 5.74) is 1.69. The zero-order chi connectivity index (χ0) is 13.8. The van der Waals surface area contributed by atoms with Crippen LogP contribution in [0.5, 0.6) is 0 Å². The second-order valence-corrected chi connectivity index (χ2v) is 4.90. The Bertz CT molecular complexity index is 624. The summed E-state index contributed by atoms with van der Waals surface area (Å²) < 4.78 is 0. The number of fused-ring (bicyclic) bond motifs is 1. The zero-order valence-corrected chi connectivity index (χ0v) is 11.2. The van der Waals surface area contributed by atoms with Crippen LogP contribution in [0.2, 0.25) is 0 Å². The van der Waals surface area contributed by atoms with Gasteiger partial charge in [0.05, 0.1) is 18.5 Å². The minimum atomic E-state index is -0.0687. The zero-order valence-electron chi connectivity index (χ0n) is 11.2. The summed E-state index contributed by atoms with van der Waals surface area (Å²) in [6.45, 7) is 2.78. The normalized spacial score (nSPS) is 12.5. The van der Waals surface area contributed by atoms with Gasteiger partial charge in [-0.1, -0.05) is 18.2 Å². The van der Waals surface area contributed by atoms with Crippen LogP contribution < -0.4 is 0 Å². The predicted molar refractivity (Wildman–Crippen MR) is 74.9 cm³/mol. The van der Waals surface area contributed by atoms with Crippen molar-refractivity contribution in [2.24, 2.45) is 5.92 Å². The fourth-order valence-corrected chi connectivity index (χ4v) is 2.21. The van der Waals surface area contributed by atoms with E-state index in [1.807, 2.05) is 43.1 Å². The minimum Gasteiger partial charge on any atom is -0.360 e. The maximum Gasteiger partial charge on any atom is 0.178 e. The average Bonchev–Trinajstić information content (AvgIpc) is 2.82. The van der Waals surface area contributed by atoms with Gasteiger partial charge in [0.1, 0.15) is 0 Å². The van der Waals surface area contributed by atoms with Crippen LogP contribution in [0.15, 0.2) is 30.5 Å². The molecule has 0 radical (unpaired) electrons. The van der Waals surface area contributed by atoms with Gasteiger partial charge in [0.2, 0.25) is 0 Å². The van der Waals surface area contributed by atoms with Crippen LogP contribution in [-0.4, -0.2) is 35.8 Å². The van der Waals surface area contributed by atoms with Crippen LogP contribution >= 0.6 is 0 Å². The number of rotatable bonds is 5. The van der Waals surface area contributed by atoms with E-state index < -0.39 is 0 Å². The lowest BCUT2D eigenvalue weighted by molar-refractivity contribution is 0.0944. The second-order valence-electron chi connectivity index (χ2n) is 4.90. The van der Waals surface area contributed by atoms with Gasteiger partial charge in [0.15, 0.2) is 5.78 Å². The smallest absolute Gasteiger partial charge is 0.178 e. The van der Waals surface area contributed by atoms with Crippen LogP contribution in [0.1, 0.15) is 17.3 Å². The summed E-state index contributed by atoms with van der Waals surface area (Å²) in [5, 5.41) is 9.73. The topological polar surface area (TPSA) is 59.9 Å². The molecule has 1 aromatic heterocycles. The molecule has 0 aliphatic rings. The Morgan fingerprint density at radius 1 is 1.47 bits per heavy atom. The van der Waals surface area contributed by atoms with Gasteiger partial charge in [-0.25, -0.2) is 0 Å². The number of H-pyrrole nitrogens is 1. The first kappa shape index (κ1) is 13.3. The number of nitrogens with zero attached hydrogens (tertiary/aromatic N) is 2. The van der Waals surface area contributed by atoms with E-state index in [1.165, 1.54) is 0 Å². The first-order valence-corrected chi connectivity index (χ1v) is 6.29. The van der Waals surface area contributed by atoms with Gasteiger partial charge in [-0.3, -0.25) is 9.69 Å². The van der Waals surface area contributed by atoms with Gasteiger partial charge in [-0.2, -0.15) is 5.26 Å². The highest BCUT2D eigenvalue weighted by molar-refractivity contribution is 6.08. The van der Waals surface area contributed by atoms with Gasteiger partial charge in [-0.05, 0) is 20.0 Å². The molecule has 2 rings (SSSR count). The molecule has 1 N–H and O–H groups in total. The van der Waals surface area contributed by atoms with E-state index in [1.54, 1.807) is 6.20 Å². The Morgan fingerprint density at radius 3 is 2.95 bits per heavy atom. The van der Waals surface area contributed by atoms with Crippen molar-refractivity contribution in [2.75, 3.05) is 20.1 Å². The first-order chi connectivity index (χ1) is 9.11. The molecular weight excluding hydrogens is 238 g/mol. The number of aromatic nitrogens is 1. The van der Waals surface area contributed by atoms with Gasteiger partial charge >= 0.3 is 0 Å². The van der Waals surface area contributed by atoms with E-state index in [9.17, 15) is 4.79 Å². The van der Waals surface area contributed by atoms with E-state index in [-0.39, 0.29) is 11.7 Å². The summed E-state index contributed by atoms with van der Waals surface area (Å²) in [5.74, 6) is 0.00542. The van der Waals surface area contributed by atoms with E-state index in [2.05, 4.69) is 11.1 Å². The molecular formula is C15H17N3O. The van der Waals surface area contributed by atoms with Crippen LogP contribution in [-0.2, 0) is 0 Å². The summed E-state index contributed by atoms with van der Waals surface area (Å²) in [6, 6.07) is 9.93. The van der Waals surface area contributed by atoms with Crippen molar-refractivity contribution < 1.29 is 4.79 Å². The SMILES string of the molecule is CC(C#N)CN(C)CC(=O)c1c[nH]c2ccccc12. The van der Waals surface area contributed by atoms with Crippen molar-refractivity contribution in [3.63, 3.8) is 0 Å². The number of aromatic amines is 1. The van der Waals surface area contributed by atoms with Crippen LogP contribution in [0.3, 0.4) is 0 Å². The highest BCUT2D eigenvalue weighted by Crippen LogP contribution is 2.18. The molecule has 0 aliphatic heterocycles. The van der Waals surface area contributed by atoms with Crippen molar-refractivity contribution in [1.82, 2.24) is 9.88 Å². The molecule has 1 heterocycles. The van der Waals surface area contributed by atoms with Crippen molar-refractivity contribution in [3.8, 4) is 6.07 Å². The predicted octanol–water partition coefficient (Wildman–Crippen LogP) is 2.44. The minimum absolute atomic E-state index is 0.0687. The number of benzene rings is 1. The van der Waals surface area contributed by atoms with E-state index >= 15 is 0 Å². The van der Waals surface area contributed by atoms with Gasteiger partial charge < -0.3 is 4.98 Å². The molecule has 0 bridgehead atoms. The van der Waals surface area contributed by atoms with E-state index in [0.29, 0.717) is 18.7 Å². The van der Waals surface area contributed by atoms with Gasteiger partial charge in [-0.15, -0.1) is 0 Å². The van der Waals surface area contributed by atoms with Crippen LogP contribution in [0, 0.1) is 17.2 Å². The fraction of sp³-hybridized carbons (Fsp3) is 0.333. The lowest BCUT2D eigenvalue weighted by Gasteiger charge is -2.16. The highest BCUT2D eigenvalue weighted by Gasteiger charge is 2.15. The third kappa shape index (κ3) is 3.01. The molecule has 1 aromatic carbocycles. The number of nitriles is 1. The lowest BCUT2D eigenvalue weighted by Crippen LogP contribution is -2.29. The van der Waals surface area contributed by atoms with Crippen molar-refractivity contribution in [1.29, 1.82) is 5.26 Å². The third-order valence-electron chi connectivity index (χ3n) is 3.11. The molecule has 98 valence electrons. The Kier molecular flexibility index (Phi) is 3.98. The maximum absolute atomic E-state index is 12.3. The van der Waals surface area contributed by atoms with Crippen molar-refractivity contribution >= 4 is 16.7 Å². The number of Topliss-reactive ketones (excluding diaryl/α,β-unsaturated/α-hetero) is 1. The van der Waals surface area contributed by atoms with Gasteiger partial charge in [0, 0.05) is 29.2 Å². The Labute approximate surface area is 112 Å². The molecule has 4 nitrogen and oxygen atoms in total. The summed E-state index contributed by atoms with van der Waals surface area (Å²) in [4.78, 5) is 17.2. The van der Waals surface area contributed by atoms with E-state index in [4.69, 9.17) is 5.26 Å². The van der Waals surface area contributed by atoms with Crippen LogP contribution in [0.25, 0.3) is 10.9 Å². The maximum atomic E-state index is 12.3. The molecule has 4 heteroatoms. The quantitative estimate of drug-likeness (QED) is 0.835. The van der Waals surface area contributed by atoms with E-state index in [0.717, 1.165) is 10.9 Å². The molecule has 0 fully saturated rings. The van der Waals surface area contributed by atoms with Crippen molar-refractivity contribution in [3.05, 3.63) is 36.0 Å². The number of carbonyl (C=O) groups excluding carboxylic acids is 1. The van der Waals surface area contributed by atoms with Crippen LogP contribution in [0.4, 0.5) is 0 Å². The highest BCUT2D eigenvalue weighted by atomic mass is 16.1. The molecule has 1 atom stereocenters. The number of carbonyl (C=O) groups is 1. The molecule has 2 aromatic rings. The lowest BCUT2D eigenvalue weighted by atomic mass is 10.1. The number of para-hydroxylation sites is 1. The number of likely N-dealkylation sites (N-methyl/N-ethyl adjacent to an activating group) is 1. The monoisotopic (exact) mass is 255 g/mol. The van der Waals surface area contributed by atoms with Crippen molar-refractivity contribution in [2.45, 2.75) is 6.92 Å². The number of nitrogens with one attached hydrogen (secondary N) is 1. The summed E-state index contributed by atoms with van der Waals surface area (Å²) in [7, 11) is 1.86. The van der Waals surface area contributed by atoms with Gasteiger partial charge in [0.25, 0.3) is 0 Å². The summed E-state index contributed by atoms with van der Waals surface area (Å²) in [6.07, 6.45) is 1.76. The molecule has 19 heavy (non-hydrogen) atoms. The molecule has 0 aliphatic carbocycles. The largest absolute Gasteiger partial charge is 0.360 e. The molecule has 0 saturated heterocycles.